The maximum absolute atomic E-state index is 12.0. The Labute approximate surface area is 237 Å². The van der Waals surface area contributed by atoms with Crippen LogP contribution in [0, 0.1) is 5.92 Å². The van der Waals surface area contributed by atoms with E-state index in [1.54, 1.807) is 29.7 Å². The number of thioether (sulfide) groups is 2. The van der Waals surface area contributed by atoms with E-state index in [0.29, 0.717) is 27.6 Å². The number of hydrogen-bond donors (Lipinski definition) is 2. The zero-order valence-corrected chi connectivity index (χ0v) is 23.4. The molecule has 3 aromatic heterocycles. The Kier molecular flexibility index (Phi) is 6.70. The molecule has 0 bridgehead atoms. The molecule has 0 saturated carbocycles. The summed E-state index contributed by atoms with van der Waals surface area (Å²) in [6.07, 6.45) is 11.0. The number of aliphatic carboxylic acids is 1. The maximum atomic E-state index is 12.0. The number of likely N-dealkylation sites (N-methyl/N-ethyl adjacent to an activating group) is 1. The lowest BCUT2D eigenvalue weighted by molar-refractivity contribution is -0.132. The third kappa shape index (κ3) is 4.95. The van der Waals surface area contributed by atoms with Crippen molar-refractivity contribution < 1.29 is 19.8 Å². The largest absolute Gasteiger partial charge is 0.478 e. The molecule has 6 rings (SSSR count). The van der Waals surface area contributed by atoms with Crippen molar-refractivity contribution in [2.75, 3.05) is 7.05 Å². The van der Waals surface area contributed by atoms with E-state index in [0.717, 1.165) is 10.4 Å². The Hall–Kier alpha value is -3.60. The average molecular weight is 574 g/mol. The lowest BCUT2D eigenvalue weighted by atomic mass is 9.98. The van der Waals surface area contributed by atoms with Crippen LogP contribution in [0.2, 0.25) is 0 Å². The molecule has 0 fully saturated rings. The Morgan fingerprint density at radius 3 is 2.49 bits per heavy atom. The van der Waals surface area contributed by atoms with Gasteiger partial charge in [0.05, 0.1) is 38.8 Å². The van der Waals surface area contributed by atoms with Gasteiger partial charge < -0.3 is 15.1 Å². The van der Waals surface area contributed by atoms with E-state index >= 15 is 0 Å². The number of carbonyl (C=O) groups is 2. The zero-order valence-electron chi connectivity index (χ0n) is 20.9. The number of aromatic carboxylic acids is 1. The molecule has 3 unspecified atom stereocenters. The van der Waals surface area contributed by atoms with Gasteiger partial charge in [-0.3, -0.25) is 9.97 Å². The molecule has 0 saturated heterocycles. The summed E-state index contributed by atoms with van der Waals surface area (Å²) in [4.78, 5) is 39.4. The van der Waals surface area contributed by atoms with Crippen LogP contribution in [-0.2, 0) is 4.79 Å². The number of pyridine rings is 2. The van der Waals surface area contributed by atoms with Crippen LogP contribution in [0.5, 0.6) is 0 Å². The SMILES string of the molecule is CC1=CC2C=C(c3ccc(-c4ccnc(C5=CC(C(=O)O)=CC(c6cc(C(=O)O)ccn6)N5C)c4)s3)SC2S1. The minimum absolute atomic E-state index is 0.0901. The minimum atomic E-state index is -1.07. The van der Waals surface area contributed by atoms with E-state index in [2.05, 4.69) is 41.2 Å². The summed E-state index contributed by atoms with van der Waals surface area (Å²) in [5.74, 6) is -1.66. The van der Waals surface area contributed by atoms with Gasteiger partial charge >= 0.3 is 11.9 Å². The molecule has 196 valence electrons. The fourth-order valence-electron chi connectivity index (χ4n) is 4.85. The van der Waals surface area contributed by atoms with Gasteiger partial charge in [0.25, 0.3) is 0 Å². The van der Waals surface area contributed by atoms with Crippen LogP contribution < -0.4 is 0 Å². The number of nitrogens with zero attached hydrogens (tertiary/aromatic N) is 3. The maximum Gasteiger partial charge on any atom is 0.335 e. The highest BCUT2D eigenvalue weighted by Gasteiger charge is 2.33. The summed E-state index contributed by atoms with van der Waals surface area (Å²) >= 11 is 5.60. The molecule has 10 heteroatoms. The predicted molar refractivity (Wildman–Crippen MR) is 157 cm³/mol. The van der Waals surface area contributed by atoms with Crippen LogP contribution in [0.3, 0.4) is 0 Å². The van der Waals surface area contributed by atoms with E-state index in [1.807, 2.05) is 47.6 Å². The van der Waals surface area contributed by atoms with Gasteiger partial charge in [0.2, 0.25) is 0 Å². The summed E-state index contributed by atoms with van der Waals surface area (Å²) in [6.45, 7) is 2.17. The van der Waals surface area contributed by atoms with Gasteiger partial charge in [0.15, 0.2) is 0 Å². The number of aromatic nitrogens is 2. The molecule has 0 aliphatic carbocycles. The standard InChI is InChI=1S/C29H23N3O4S3/c1-15-9-19-14-26(39-29(19)37-15)25-4-3-24(38-25)16-5-7-30-20(10-16)22-12-18(28(35)36)13-23(32(22)2)21-11-17(27(33)34)6-8-31-21/h3-14,19,23,29H,1-2H3,(H,33,34)(H,35,36). The van der Waals surface area contributed by atoms with Crippen molar-refractivity contribution in [3.63, 3.8) is 0 Å². The van der Waals surface area contributed by atoms with Crippen LogP contribution >= 0.6 is 34.9 Å². The van der Waals surface area contributed by atoms with Gasteiger partial charge in [0.1, 0.15) is 0 Å². The number of hydrogen-bond acceptors (Lipinski definition) is 8. The van der Waals surface area contributed by atoms with Gasteiger partial charge in [0, 0.05) is 40.0 Å². The fraction of sp³-hybridized carbons (Fsp3) is 0.172. The highest BCUT2D eigenvalue weighted by Crippen LogP contribution is 2.55. The van der Waals surface area contributed by atoms with Gasteiger partial charge in [-0.1, -0.05) is 12.2 Å². The molecule has 0 spiro atoms. The monoisotopic (exact) mass is 573 g/mol. The first kappa shape index (κ1) is 25.7. The van der Waals surface area contributed by atoms with E-state index in [1.165, 1.54) is 33.0 Å². The van der Waals surface area contributed by atoms with Crippen LogP contribution in [0.4, 0.5) is 0 Å². The van der Waals surface area contributed by atoms with Crippen LogP contribution in [0.15, 0.2) is 83.6 Å². The third-order valence-electron chi connectivity index (χ3n) is 6.79. The van der Waals surface area contributed by atoms with Crippen LogP contribution in [0.25, 0.3) is 21.0 Å². The topological polar surface area (TPSA) is 104 Å². The van der Waals surface area contributed by atoms with Crippen LogP contribution in [0.1, 0.15) is 39.6 Å². The second-order valence-corrected chi connectivity index (χ2v) is 13.3. The van der Waals surface area contributed by atoms with Gasteiger partial charge in [-0.25, -0.2) is 9.59 Å². The van der Waals surface area contributed by atoms with Crippen molar-refractivity contribution in [1.29, 1.82) is 0 Å². The molecule has 3 aromatic rings. The summed E-state index contributed by atoms with van der Waals surface area (Å²) < 4.78 is 0.530. The van der Waals surface area contributed by atoms with Crippen LogP contribution in [-0.4, -0.2) is 48.6 Å². The van der Waals surface area contributed by atoms with E-state index in [4.69, 9.17) is 0 Å². The van der Waals surface area contributed by atoms with Crippen molar-refractivity contribution >= 4 is 57.4 Å². The smallest absolute Gasteiger partial charge is 0.335 e. The Balaban J connectivity index is 1.31. The molecule has 2 N–H and O–H groups in total. The van der Waals surface area contributed by atoms with E-state index in [-0.39, 0.29) is 11.1 Å². The van der Waals surface area contributed by atoms with Crippen molar-refractivity contribution in [2.45, 2.75) is 17.5 Å². The Morgan fingerprint density at radius 2 is 1.72 bits per heavy atom. The molecule has 0 aromatic carbocycles. The number of thiophene rings is 1. The van der Waals surface area contributed by atoms with E-state index < -0.39 is 18.0 Å². The molecular weight excluding hydrogens is 551 g/mol. The Morgan fingerprint density at radius 1 is 0.923 bits per heavy atom. The molecule has 7 nitrogen and oxygen atoms in total. The first-order valence-corrected chi connectivity index (χ1v) is 14.7. The number of carboxylic acids is 2. The van der Waals surface area contributed by atoms with Gasteiger partial charge in [-0.15, -0.1) is 34.9 Å². The Bertz CT molecular complexity index is 1640. The molecular formula is C29H23N3O4S3. The molecule has 0 radical (unpaired) electrons. The highest BCUT2D eigenvalue weighted by molar-refractivity contribution is 8.23. The molecule has 0 amide bonds. The summed E-state index contributed by atoms with van der Waals surface area (Å²) in [5, 5.41) is 19.3. The lowest BCUT2D eigenvalue weighted by Gasteiger charge is -2.33. The third-order valence-corrected chi connectivity index (χ3v) is 10.9. The fourth-order valence-corrected chi connectivity index (χ4v) is 8.90. The first-order chi connectivity index (χ1) is 18.8. The number of allylic oxidation sites excluding steroid dienone is 3. The van der Waals surface area contributed by atoms with Gasteiger partial charge in [-0.2, -0.15) is 0 Å². The average Bonchev–Trinajstić information content (AvgIpc) is 3.64. The normalized spacial score (nSPS) is 22.1. The second kappa shape index (κ2) is 10.2. The second-order valence-electron chi connectivity index (χ2n) is 9.37. The molecule has 3 atom stereocenters. The number of carboxylic acid groups (broad SMARTS) is 2. The highest BCUT2D eigenvalue weighted by atomic mass is 32.2. The molecule has 3 aliphatic heterocycles. The minimum Gasteiger partial charge on any atom is -0.478 e. The van der Waals surface area contributed by atoms with Crippen molar-refractivity contribution in [2.24, 2.45) is 5.92 Å². The lowest BCUT2D eigenvalue weighted by Crippen LogP contribution is -2.27. The number of fused-ring (bicyclic) bond motifs is 1. The van der Waals surface area contributed by atoms with Crippen molar-refractivity contribution in [3.8, 4) is 10.4 Å². The summed E-state index contributed by atoms with van der Waals surface area (Å²) in [6, 6.07) is 10.5. The van der Waals surface area contributed by atoms with Gasteiger partial charge in [-0.05, 0) is 65.9 Å². The summed E-state index contributed by atoms with van der Waals surface area (Å²) in [7, 11) is 1.83. The predicted octanol–water partition coefficient (Wildman–Crippen LogP) is 6.62. The quantitative estimate of drug-likeness (QED) is 0.337. The van der Waals surface area contributed by atoms with Crippen molar-refractivity contribution in [1.82, 2.24) is 14.9 Å². The van der Waals surface area contributed by atoms with Crippen molar-refractivity contribution in [3.05, 3.63) is 105 Å². The van der Waals surface area contributed by atoms with E-state index in [9.17, 15) is 19.8 Å². The molecule has 3 aliphatic rings. The number of rotatable bonds is 6. The summed E-state index contributed by atoms with van der Waals surface area (Å²) in [5.41, 5.74) is 2.86. The zero-order chi connectivity index (χ0) is 27.3. The first-order valence-electron chi connectivity index (χ1n) is 12.2. The molecule has 6 heterocycles. The molecule has 39 heavy (non-hydrogen) atoms.